The second-order valence-corrected chi connectivity index (χ2v) is 19.2. The number of carbonyl (C=O) groups excluding carboxylic acids is 2. The molecular weight excluding hydrogens is 346 g/mol. The van der Waals surface area contributed by atoms with Gasteiger partial charge in [0, 0.05) is 5.57 Å². The molecule has 2 aliphatic heterocycles. The average molecular weight is 380 g/mol. The number of ether oxygens (including phenoxy) is 1. The Morgan fingerprint density at radius 2 is 1.68 bits per heavy atom. The molecule has 0 radical (unpaired) electrons. The number of nitrogens with zero attached hydrogens (tertiary/aromatic N) is 1. The van der Waals surface area contributed by atoms with Crippen LogP contribution in [0.15, 0.2) is 22.0 Å². The van der Waals surface area contributed by atoms with Crippen molar-refractivity contribution in [3.63, 3.8) is 0 Å². The largest absolute Gasteiger partial charge is 0.450 e. The smallest absolute Gasteiger partial charge is 0.411 e. The van der Waals surface area contributed by atoms with E-state index in [1.807, 2.05) is 11.8 Å². The summed E-state index contributed by atoms with van der Waals surface area (Å²) < 4.78 is 5.42. The number of hydrogen-bond acceptors (Lipinski definition) is 3. The first-order valence-electron chi connectivity index (χ1n) is 9.32. The van der Waals surface area contributed by atoms with Gasteiger partial charge in [0.15, 0.2) is 5.78 Å². The third-order valence-electron chi connectivity index (χ3n) is 5.11. The van der Waals surface area contributed by atoms with E-state index in [4.69, 9.17) is 4.74 Å². The number of rotatable bonds is 4. The maximum Gasteiger partial charge on any atom is 0.411 e. The molecule has 2 bridgehead atoms. The van der Waals surface area contributed by atoms with E-state index < -0.39 is 16.1 Å². The lowest BCUT2D eigenvalue weighted by molar-refractivity contribution is -0.114. The van der Waals surface area contributed by atoms with E-state index in [0.29, 0.717) is 6.61 Å². The van der Waals surface area contributed by atoms with Crippen LogP contribution in [0.1, 0.15) is 26.7 Å². The lowest BCUT2D eigenvalue weighted by Crippen LogP contribution is -2.47. The van der Waals surface area contributed by atoms with Gasteiger partial charge >= 0.3 is 6.09 Å². The lowest BCUT2D eigenvalue weighted by Gasteiger charge is -2.33. The molecule has 140 valence electrons. The second kappa shape index (κ2) is 6.87. The van der Waals surface area contributed by atoms with E-state index in [9.17, 15) is 9.59 Å². The minimum Gasteiger partial charge on any atom is -0.450 e. The fraction of sp³-hybridized carbons (Fsp3) is 0.684. The van der Waals surface area contributed by atoms with Crippen LogP contribution < -0.4 is 0 Å². The topological polar surface area (TPSA) is 46.6 Å². The SMILES string of the molecule is CCOC(=O)N1C2CCC=C(C(C)=O)C1C([Si](C)(C)C)=C2[Si](C)(C)C. The summed E-state index contributed by atoms with van der Waals surface area (Å²) in [6, 6.07) is -0.122. The van der Waals surface area contributed by atoms with Crippen molar-refractivity contribution < 1.29 is 14.3 Å². The normalized spacial score (nSPS) is 24.2. The van der Waals surface area contributed by atoms with Gasteiger partial charge in [-0.1, -0.05) is 55.8 Å². The summed E-state index contributed by atoms with van der Waals surface area (Å²) in [5.74, 6) is 0.0764. The first-order valence-corrected chi connectivity index (χ1v) is 16.3. The van der Waals surface area contributed by atoms with Crippen LogP contribution in [0, 0.1) is 0 Å². The lowest BCUT2D eigenvalue weighted by atomic mass is 10.0. The third-order valence-corrected chi connectivity index (χ3v) is 9.74. The summed E-state index contributed by atoms with van der Waals surface area (Å²) in [4.78, 5) is 27.3. The van der Waals surface area contributed by atoms with Gasteiger partial charge in [0.05, 0.1) is 34.8 Å². The Labute approximate surface area is 154 Å². The molecule has 0 aliphatic carbocycles. The summed E-state index contributed by atoms with van der Waals surface area (Å²) in [5, 5.41) is 2.91. The molecule has 0 aromatic carbocycles. The van der Waals surface area contributed by atoms with Gasteiger partial charge in [-0.15, -0.1) is 0 Å². The molecule has 0 aromatic rings. The molecule has 2 rings (SSSR count). The molecule has 0 saturated carbocycles. The zero-order valence-electron chi connectivity index (χ0n) is 17.0. The molecule has 0 fully saturated rings. The highest BCUT2D eigenvalue weighted by Gasteiger charge is 2.52. The fourth-order valence-corrected chi connectivity index (χ4v) is 10.9. The Morgan fingerprint density at radius 1 is 1.12 bits per heavy atom. The van der Waals surface area contributed by atoms with Gasteiger partial charge < -0.3 is 4.74 Å². The van der Waals surface area contributed by atoms with Gasteiger partial charge in [0.1, 0.15) is 0 Å². The van der Waals surface area contributed by atoms with E-state index in [-0.39, 0.29) is 24.0 Å². The number of hydrogen-bond donors (Lipinski definition) is 0. The predicted octanol–water partition coefficient (Wildman–Crippen LogP) is 4.56. The van der Waals surface area contributed by atoms with Crippen LogP contribution in [-0.4, -0.2) is 51.6 Å². The van der Waals surface area contributed by atoms with Crippen molar-refractivity contribution in [3.05, 3.63) is 22.0 Å². The van der Waals surface area contributed by atoms with Crippen LogP contribution in [-0.2, 0) is 9.53 Å². The van der Waals surface area contributed by atoms with E-state index in [1.165, 1.54) is 10.4 Å². The van der Waals surface area contributed by atoms with Crippen LogP contribution in [0.2, 0.25) is 39.3 Å². The standard InChI is InChI=1S/C19H33NO3Si2/c1-9-23-19(22)20-15-12-10-11-14(13(2)21)16(20)18(25(6,7)8)17(15)24(3,4)5/h11,15-16H,9-10,12H2,1-8H3. The maximum atomic E-state index is 12.9. The van der Waals surface area contributed by atoms with Crippen LogP contribution in [0.5, 0.6) is 0 Å². The minimum absolute atomic E-state index is 0.0764. The van der Waals surface area contributed by atoms with Crippen molar-refractivity contribution >= 4 is 28.0 Å². The molecule has 0 N–H and O–H groups in total. The Balaban J connectivity index is 2.76. The van der Waals surface area contributed by atoms with E-state index >= 15 is 0 Å². The number of amides is 1. The Hall–Kier alpha value is -1.15. The van der Waals surface area contributed by atoms with Crippen molar-refractivity contribution in [3.8, 4) is 0 Å². The number of fused-ring (bicyclic) bond motifs is 2. The second-order valence-electron chi connectivity index (χ2n) is 9.14. The first-order chi connectivity index (χ1) is 11.4. The summed E-state index contributed by atoms with van der Waals surface area (Å²) in [7, 11) is -3.39. The summed E-state index contributed by atoms with van der Waals surface area (Å²) in [6.45, 7) is 17.9. The molecule has 25 heavy (non-hydrogen) atoms. The van der Waals surface area contributed by atoms with Crippen molar-refractivity contribution in [2.75, 3.05) is 6.61 Å². The van der Waals surface area contributed by atoms with Crippen LogP contribution in [0.25, 0.3) is 0 Å². The molecule has 0 aromatic heterocycles. The Kier molecular flexibility index (Phi) is 5.54. The summed E-state index contributed by atoms with van der Waals surface area (Å²) >= 11 is 0. The van der Waals surface area contributed by atoms with Crippen molar-refractivity contribution in [1.29, 1.82) is 0 Å². The van der Waals surface area contributed by atoms with Crippen molar-refractivity contribution in [2.45, 2.75) is 78.1 Å². The zero-order chi connectivity index (χ0) is 19.2. The molecule has 1 amide bonds. The van der Waals surface area contributed by atoms with Gasteiger partial charge in [-0.2, -0.15) is 0 Å². The summed E-state index contributed by atoms with van der Waals surface area (Å²) in [6.07, 6.45) is 3.54. The highest BCUT2D eigenvalue weighted by Crippen LogP contribution is 2.46. The van der Waals surface area contributed by atoms with Crippen molar-refractivity contribution in [1.82, 2.24) is 4.90 Å². The zero-order valence-corrected chi connectivity index (χ0v) is 19.0. The highest BCUT2D eigenvalue weighted by molar-refractivity contribution is 6.90. The fourth-order valence-electron chi connectivity index (χ4n) is 4.37. The maximum absolute atomic E-state index is 12.9. The molecule has 2 heterocycles. The number of ketones is 1. The van der Waals surface area contributed by atoms with Crippen LogP contribution >= 0.6 is 0 Å². The van der Waals surface area contributed by atoms with Crippen LogP contribution in [0.4, 0.5) is 4.79 Å². The van der Waals surface area contributed by atoms with Gasteiger partial charge in [0.2, 0.25) is 0 Å². The molecule has 4 nitrogen and oxygen atoms in total. The van der Waals surface area contributed by atoms with Gasteiger partial charge in [-0.05, 0) is 26.7 Å². The Morgan fingerprint density at radius 3 is 2.12 bits per heavy atom. The quantitative estimate of drug-likeness (QED) is 0.673. The van der Waals surface area contributed by atoms with Crippen molar-refractivity contribution in [2.24, 2.45) is 0 Å². The van der Waals surface area contributed by atoms with Gasteiger partial charge in [-0.3, -0.25) is 9.69 Å². The highest BCUT2D eigenvalue weighted by atomic mass is 28.3. The monoisotopic (exact) mass is 379 g/mol. The molecule has 2 unspecified atom stereocenters. The number of allylic oxidation sites excluding steroid dienone is 1. The molecule has 6 heteroatoms. The molecular formula is C19H33NO3Si2. The van der Waals surface area contributed by atoms with Gasteiger partial charge in [-0.25, -0.2) is 4.79 Å². The molecule has 2 aliphatic rings. The Bertz CT molecular complexity index is 638. The molecule has 0 spiro atoms. The van der Waals surface area contributed by atoms with E-state index in [0.717, 1.165) is 18.4 Å². The van der Waals surface area contributed by atoms with E-state index in [2.05, 4.69) is 45.4 Å². The molecule has 2 atom stereocenters. The number of carbonyl (C=O) groups is 2. The average Bonchev–Trinajstić information content (AvgIpc) is 2.64. The molecule has 0 saturated heterocycles. The summed E-state index contributed by atoms with van der Waals surface area (Å²) in [5.41, 5.74) is 0.793. The predicted molar refractivity (Wildman–Crippen MR) is 108 cm³/mol. The first kappa shape index (κ1) is 20.2. The number of Topliss-reactive ketones (excluding diaryl/α,β-unsaturated/α-hetero) is 1. The third kappa shape index (κ3) is 3.70. The van der Waals surface area contributed by atoms with Crippen LogP contribution in [0.3, 0.4) is 0 Å². The van der Waals surface area contributed by atoms with Gasteiger partial charge in [0.25, 0.3) is 0 Å². The minimum atomic E-state index is -1.73. The van der Waals surface area contributed by atoms with E-state index in [1.54, 1.807) is 6.92 Å².